The number of nitrogens with one attached hydrogen (secondary N) is 1. The van der Waals surface area contributed by atoms with E-state index in [1.807, 2.05) is 0 Å². The Hall–Kier alpha value is -2.83. The molecular weight excluding hydrogens is 482 g/mol. The third kappa shape index (κ3) is 5.45. The van der Waals surface area contributed by atoms with Gasteiger partial charge in [0.05, 0.1) is 36.7 Å². The van der Waals surface area contributed by atoms with Crippen LogP contribution in [0.15, 0.2) is 47.4 Å². The van der Waals surface area contributed by atoms with Crippen molar-refractivity contribution >= 4 is 37.3 Å². The van der Waals surface area contributed by atoms with Gasteiger partial charge in [0.25, 0.3) is 0 Å². The minimum absolute atomic E-state index is 0.0216. The smallest absolute Gasteiger partial charge is 0.248 e. The van der Waals surface area contributed by atoms with E-state index >= 15 is 0 Å². The van der Waals surface area contributed by atoms with Crippen LogP contribution < -0.4 is 19.1 Å². The highest BCUT2D eigenvalue weighted by Crippen LogP contribution is 2.31. The summed E-state index contributed by atoms with van der Waals surface area (Å²) in [5.74, 6) is 0.126. The lowest BCUT2D eigenvalue weighted by atomic mass is 10.2. The molecule has 0 bridgehead atoms. The van der Waals surface area contributed by atoms with Crippen molar-refractivity contribution in [3.05, 3.63) is 42.5 Å². The Bertz CT molecular complexity index is 1240. The summed E-state index contributed by atoms with van der Waals surface area (Å²) in [5.41, 5.74) is 0.408. The summed E-state index contributed by atoms with van der Waals surface area (Å²) in [6, 6.07) is 9.32. The summed E-state index contributed by atoms with van der Waals surface area (Å²) >= 11 is 0. The maximum atomic E-state index is 13.1. The van der Waals surface area contributed by atoms with Crippen LogP contribution in [0.5, 0.6) is 11.5 Å². The van der Waals surface area contributed by atoms with Gasteiger partial charge in [0.1, 0.15) is 17.5 Å². The van der Waals surface area contributed by atoms with Crippen molar-refractivity contribution in [1.82, 2.24) is 4.31 Å². The van der Waals surface area contributed by atoms with Crippen LogP contribution in [0.1, 0.15) is 19.8 Å². The van der Waals surface area contributed by atoms with Gasteiger partial charge in [0, 0.05) is 13.1 Å². The topological polar surface area (TPSA) is 122 Å². The molecule has 34 heavy (non-hydrogen) atoms. The second kappa shape index (κ2) is 10.2. The number of hydrogen-bond donors (Lipinski definition) is 1. The van der Waals surface area contributed by atoms with E-state index in [1.165, 1.54) is 55.8 Å². The summed E-state index contributed by atoms with van der Waals surface area (Å²) < 4.78 is 63.8. The third-order valence-corrected chi connectivity index (χ3v) is 8.68. The maximum absolute atomic E-state index is 13.1. The normalized spacial score (nSPS) is 15.5. The molecule has 0 aromatic heterocycles. The molecule has 1 atom stereocenters. The van der Waals surface area contributed by atoms with Crippen molar-refractivity contribution in [2.24, 2.45) is 0 Å². The van der Waals surface area contributed by atoms with Crippen molar-refractivity contribution in [3.8, 4) is 11.5 Å². The average Bonchev–Trinajstić information content (AvgIpc) is 3.34. The maximum Gasteiger partial charge on any atom is 0.248 e. The Kier molecular flexibility index (Phi) is 7.74. The lowest BCUT2D eigenvalue weighted by Crippen LogP contribution is -2.45. The average molecular weight is 512 g/mol. The largest absolute Gasteiger partial charge is 0.497 e. The molecule has 3 rings (SSSR count). The van der Waals surface area contributed by atoms with Gasteiger partial charge in [-0.05, 0) is 62.2 Å². The van der Waals surface area contributed by atoms with Crippen LogP contribution in [-0.2, 0) is 24.8 Å². The molecule has 0 spiro atoms. The van der Waals surface area contributed by atoms with Crippen LogP contribution >= 0.6 is 0 Å². The molecule has 0 saturated carbocycles. The predicted molar refractivity (Wildman–Crippen MR) is 129 cm³/mol. The molecule has 2 aromatic carbocycles. The zero-order chi connectivity index (χ0) is 25.1. The fourth-order valence-electron chi connectivity index (χ4n) is 3.80. The number of nitrogens with zero attached hydrogens (tertiary/aromatic N) is 2. The second-order valence-electron chi connectivity index (χ2n) is 7.90. The van der Waals surface area contributed by atoms with Gasteiger partial charge in [-0.1, -0.05) is 0 Å². The highest BCUT2D eigenvalue weighted by atomic mass is 32.2. The SMILES string of the molecule is COc1ccc(N(C(C)C(=O)Nc2cc(S(=O)(=O)N3CCCC3)ccc2OC)S(C)(=O)=O)cc1. The summed E-state index contributed by atoms with van der Waals surface area (Å²) in [7, 11) is -4.67. The van der Waals surface area contributed by atoms with Gasteiger partial charge in [-0.15, -0.1) is 0 Å². The highest BCUT2D eigenvalue weighted by molar-refractivity contribution is 7.92. The fraction of sp³-hybridized carbons (Fsp3) is 0.409. The number of carbonyl (C=O) groups is 1. The van der Waals surface area contributed by atoms with Crippen LogP contribution in [0, 0.1) is 0 Å². The first-order valence-electron chi connectivity index (χ1n) is 10.6. The quantitative estimate of drug-likeness (QED) is 0.548. The molecule has 1 heterocycles. The lowest BCUT2D eigenvalue weighted by molar-refractivity contribution is -0.116. The molecule has 12 heteroatoms. The standard InChI is InChI=1S/C22H29N3O7S2/c1-16(25(33(4,27)28)17-7-9-18(31-2)10-8-17)22(26)23-20-15-19(11-12-21(20)32-3)34(29,30)24-13-5-6-14-24/h7-12,15-16H,5-6,13-14H2,1-4H3,(H,23,26). The molecule has 186 valence electrons. The number of sulfonamides is 2. The first kappa shape index (κ1) is 25.8. The van der Waals surface area contributed by atoms with Gasteiger partial charge in [0.2, 0.25) is 26.0 Å². The van der Waals surface area contributed by atoms with E-state index in [4.69, 9.17) is 9.47 Å². The van der Waals surface area contributed by atoms with Crippen molar-refractivity contribution < 1.29 is 31.1 Å². The van der Waals surface area contributed by atoms with Crippen molar-refractivity contribution in [2.75, 3.05) is 43.2 Å². The van der Waals surface area contributed by atoms with Gasteiger partial charge in [-0.3, -0.25) is 9.10 Å². The Labute approximate surface area is 200 Å². The lowest BCUT2D eigenvalue weighted by Gasteiger charge is -2.28. The van der Waals surface area contributed by atoms with E-state index < -0.39 is 32.0 Å². The number of rotatable bonds is 9. The van der Waals surface area contributed by atoms with E-state index in [0.29, 0.717) is 18.8 Å². The molecule has 0 radical (unpaired) electrons. The Morgan fingerprint density at radius 3 is 2.15 bits per heavy atom. The van der Waals surface area contributed by atoms with E-state index in [1.54, 1.807) is 12.1 Å². The van der Waals surface area contributed by atoms with Gasteiger partial charge in [-0.25, -0.2) is 16.8 Å². The zero-order valence-corrected chi connectivity index (χ0v) is 21.1. The van der Waals surface area contributed by atoms with Crippen LogP contribution in [0.25, 0.3) is 0 Å². The van der Waals surface area contributed by atoms with Crippen molar-refractivity contribution in [3.63, 3.8) is 0 Å². The molecular formula is C22H29N3O7S2. The number of anilines is 2. The molecule has 1 saturated heterocycles. The van der Waals surface area contributed by atoms with E-state index in [2.05, 4.69) is 5.32 Å². The first-order chi connectivity index (χ1) is 16.0. The zero-order valence-electron chi connectivity index (χ0n) is 19.5. The summed E-state index contributed by atoms with van der Waals surface area (Å²) in [5, 5.41) is 2.63. The summed E-state index contributed by atoms with van der Waals surface area (Å²) in [4.78, 5) is 13.1. The van der Waals surface area contributed by atoms with Crippen LogP contribution in [0.4, 0.5) is 11.4 Å². The number of ether oxygens (including phenoxy) is 2. The fourth-order valence-corrected chi connectivity index (χ4v) is 6.52. The van der Waals surface area contributed by atoms with Crippen LogP contribution in [0.3, 0.4) is 0 Å². The number of amides is 1. The van der Waals surface area contributed by atoms with Gasteiger partial charge >= 0.3 is 0 Å². The number of carbonyl (C=O) groups excluding carboxylic acids is 1. The monoisotopic (exact) mass is 511 g/mol. The molecule has 1 N–H and O–H groups in total. The number of benzene rings is 2. The molecule has 1 amide bonds. The second-order valence-corrected chi connectivity index (χ2v) is 11.7. The minimum atomic E-state index is -3.83. The van der Waals surface area contributed by atoms with Gasteiger partial charge in [-0.2, -0.15) is 4.31 Å². The van der Waals surface area contributed by atoms with E-state index in [9.17, 15) is 21.6 Å². The molecule has 1 aliphatic rings. The number of methoxy groups -OCH3 is 2. The molecule has 2 aromatic rings. The van der Waals surface area contributed by atoms with E-state index in [0.717, 1.165) is 23.4 Å². The summed E-state index contributed by atoms with van der Waals surface area (Å²) in [6.45, 7) is 2.33. The van der Waals surface area contributed by atoms with Crippen LogP contribution in [-0.4, -0.2) is 66.7 Å². The van der Waals surface area contributed by atoms with Gasteiger partial charge in [0.15, 0.2) is 0 Å². The minimum Gasteiger partial charge on any atom is -0.497 e. The Balaban J connectivity index is 1.91. The van der Waals surface area contributed by atoms with Crippen molar-refractivity contribution in [1.29, 1.82) is 0 Å². The number of hydrogen-bond acceptors (Lipinski definition) is 7. The Morgan fingerprint density at radius 1 is 1.00 bits per heavy atom. The van der Waals surface area contributed by atoms with Crippen LogP contribution in [0.2, 0.25) is 0 Å². The molecule has 0 aliphatic carbocycles. The third-order valence-electron chi connectivity index (χ3n) is 5.55. The molecule has 1 aliphatic heterocycles. The first-order valence-corrected chi connectivity index (χ1v) is 13.9. The Morgan fingerprint density at radius 2 is 1.62 bits per heavy atom. The predicted octanol–water partition coefficient (Wildman–Crippen LogP) is 2.28. The summed E-state index contributed by atoms with van der Waals surface area (Å²) in [6.07, 6.45) is 2.59. The van der Waals surface area contributed by atoms with Gasteiger partial charge < -0.3 is 14.8 Å². The molecule has 10 nitrogen and oxygen atoms in total. The molecule has 1 fully saturated rings. The van der Waals surface area contributed by atoms with E-state index in [-0.39, 0.29) is 22.0 Å². The van der Waals surface area contributed by atoms with Crippen molar-refractivity contribution in [2.45, 2.75) is 30.7 Å². The highest BCUT2D eigenvalue weighted by Gasteiger charge is 2.31. The molecule has 1 unspecified atom stereocenters.